The number of benzene rings is 1. The van der Waals surface area contributed by atoms with Crippen LogP contribution in [0.5, 0.6) is 5.75 Å². The zero-order chi connectivity index (χ0) is 10.6. The number of nitrogens with two attached hydrogens (primary N) is 1. The van der Waals surface area contributed by atoms with Gasteiger partial charge in [-0.3, -0.25) is 4.79 Å². The van der Waals surface area contributed by atoms with Crippen molar-refractivity contribution in [1.29, 1.82) is 0 Å². The van der Waals surface area contributed by atoms with Crippen LogP contribution in [0.2, 0.25) is 0 Å². The van der Waals surface area contributed by atoms with E-state index in [9.17, 15) is 4.79 Å². The third kappa shape index (κ3) is 4.18. The van der Waals surface area contributed by atoms with Crippen LogP contribution < -0.4 is 5.73 Å². The van der Waals surface area contributed by atoms with Gasteiger partial charge in [0.15, 0.2) is 0 Å². The van der Waals surface area contributed by atoms with Crippen molar-refractivity contribution >= 4 is 18.4 Å². The fourth-order valence-electron chi connectivity index (χ4n) is 1.24. The Kier molecular flexibility index (Phi) is 5.74. The summed E-state index contributed by atoms with van der Waals surface area (Å²) in [4.78, 5) is 10.7. The van der Waals surface area contributed by atoms with E-state index in [2.05, 4.69) is 0 Å². The van der Waals surface area contributed by atoms with Gasteiger partial charge in [0.25, 0.3) is 0 Å². The van der Waals surface area contributed by atoms with Crippen molar-refractivity contribution in [2.45, 2.75) is 6.42 Å². The number of carboxylic acids is 1. The smallest absolute Gasteiger partial charge is 0.308 e. The quantitative estimate of drug-likeness (QED) is 0.722. The van der Waals surface area contributed by atoms with Crippen LogP contribution in [0.15, 0.2) is 24.3 Å². The molecule has 4 nitrogen and oxygen atoms in total. The van der Waals surface area contributed by atoms with Crippen LogP contribution in [-0.2, 0) is 11.2 Å². The molecule has 0 aliphatic carbocycles. The molecule has 0 unspecified atom stereocenters. The third-order valence-electron chi connectivity index (χ3n) is 2.03. The maximum Gasteiger partial charge on any atom is 0.308 e. The molecular formula is C10H14ClNO3. The first-order valence-corrected chi connectivity index (χ1v) is 4.34. The lowest BCUT2D eigenvalue weighted by Crippen LogP contribution is -2.25. The summed E-state index contributed by atoms with van der Waals surface area (Å²) in [5.41, 5.74) is 6.10. The Hall–Kier alpha value is -1.26. The van der Waals surface area contributed by atoms with Gasteiger partial charge in [-0.2, -0.15) is 0 Å². The number of phenols is 1. The van der Waals surface area contributed by atoms with Crippen molar-refractivity contribution in [3.8, 4) is 5.75 Å². The summed E-state index contributed by atoms with van der Waals surface area (Å²) in [6, 6.07) is 6.54. The Morgan fingerprint density at radius 1 is 1.47 bits per heavy atom. The number of hydrogen-bond acceptors (Lipinski definition) is 3. The SMILES string of the molecule is Cl.NC[C@@H](Cc1cccc(O)c1)C(=O)O. The summed E-state index contributed by atoms with van der Waals surface area (Å²) < 4.78 is 0. The predicted octanol–water partition coefficient (Wildman–Crippen LogP) is 1.02. The monoisotopic (exact) mass is 231 g/mol. The average molecular weight is 232 g/mol. The zero-order valence-corrected chi connectivity index (χ0v) is 8.91. The van der Waals surface area contributed by atoms with Gasteiger partial charge >= 0.3 is 5.97 Å². The van der Waals surface area contributed by atoms with E-state index in [-0.39, 0.29) is 24.7 Å². The van der Waals surface area contributed by atoms with Gasteiger partial charge in [-0.15, -0.1) is 12.4 Å². The summed E-state index contributed by atoms with van der Waals surface area (Å²) in [6.45, 7) is 0.102. The second-order valence-electron chi connectivity index (χ2n) is 3.14. The summed E-state index contributed by atoms with van der Waals surface area (Å²) in [5.74, 6) is -1.35. The van der Waals surface area contributed by atoms with Crippen LogP contribution >= 0.6 is 12.4 Å². The van der Waals surface area contributed by atoms with E-state index >= 15 is 0 Å². The number of carboxylic acid groups (broad SMARTS) is 1. The van der Waals surface area contributed by atoms with Gasteiger partial charge in [0.2, 0.25) is 0 Å². The highest BCUT2D eigenvalue weighted by Crippen LogP contribution is 2.14. The average Bonchev–Trinajstić information content (AvgIpc) is 2.14. The molecule has 0 saturated carbocycles. The van der Waals surface area contributed by atoms with Crippen molar-refractivity contribution in [1.82, 2.24) is 0 Å². The second kappa shape index (κ2) is 6.27. The molecule has 0 fully saturated rings. The maximum absolute atomic E-state index is 10.7. The number of aliphatic carboxylic acids is 1. The molecule has 15 heavy (non-hydrogen) atoms. The van der Waals surface area contributed by atoms with Crippen molar-refractivity contribution in [2.75, 3.05) is 6.54 Å². The Labute approximate surface area is 94.1 Å². The molecule has 0 heterocycles. The fraction of sp³-hybridized carbons (Fsp3) is 0.300. The molecule has 0 spiro atoms. The molecule has 1 aromatic rings. The van der Waals surface area contributed by atoms with E-state index in [1.807, 2.05) is 0 Å². The van der Waals surface area contributed by atoms with E-state index in [1.165, 1.54) is 0 Å². The van der Waals surface area contributed by atoms with Crippen LogP contribution in [0.3, 0.4) is 0 Å². The van der Waals surface area contributed by atoms with Crippen molar-refractivity contribution in [3.63, 3.8) is 0 Å². The molecule has 0 aliphatic heterocycles. The van der Waals surface area contributed by atoms with Crippen molar-refractivity contribution in [3.05, 3.63) is 29.8 Å². The Morgan fingerprint density at radius 2 is 2.13 bits per heavy atom. The topological polar surface area (TPSA) is 83.5 Å². The van der Waals surface area contributed by atoms with E-state index in [0.717, 1.165) is 5.56 Å². The molecule has 1 rings (SSSR count). The molecule has 84 valence electrons. The van der Waals surface area contributed by atoms with Gasteiger partial charge in [0.1, 0.15) is 5.75 Å². The Balaban J connectivity index is 0.00000196. The molecular weight excluding hydrogens is 218 g/mol. The van der Waals surface area contributed by atoms with Gasteiger partial charge in [0, 0.05) is 6.54 Å². The highest BCUT2D eigenvalue weighted by Gasteiger charge is 2.15. The van der Waals surface area contributed by atoms with Crippen LogP contribution in [0.1, 0.15) is 5.56 Å². The lowest BCUT2D eigenvalue weighted by Gasteiger charge is -2.09. The van der Waals surface area contributed by atoms with Crippen LogP contribution in [0.4, 0.5) is 0 Å². The number of aromatic hydroxyl groups is 1. The number of carbonyl (C=O) groups is 1. The van der Waals surface area contributed by atoms with Gasteiger partial charge in [-0.1, -0.05) is 12.1 Å². The summed E-state index contributed by atoms with van der Waals surface area (Å²) in [5, 5.41) is 17.9. The molecule has 0 radical (unpaired) electrons. The molecule has 1 aromatic carbocycles. The maximum atomic E-state index is 10.7. The lowest BCUT2D eigenvalue weighted by molar-refractivity contribution is -0.141. The van der Waals surface area contributed by atoms with E-state index < -0.39 is 11.9 Å². The van der Waals surface area contributed by atoms with Gasteiger partial charge in [-0.25, -0.2) is 0 Å². The highest BCUT2D eigenvalue weighted by atomic mass is 35.5. The first-order valence-electron chi connectivity index (χ1n) is 4.34. The zero-order valence-electron chi connectivity index (χ0n) is 8.09. The molecule has 0 aliphatic rings. The minimum atomic E-state index is -0.907. The van der Waals surface area contributed by atoms with Gasteiger partial charge in [0.05, 0.1) is 5.92 Å². The molecule has 0 aromatic heterocycles. The molecule has 4 N–H and O–H groups in total. The molecule has 0 saturated heterocycles. The largest absolute Gasteiger partial charge is 0.508 e. The van der Waals surface area contributed by atoms with Crippen molar-refractivity contribution < 1.29 is 15.0 Å². The summed E-state index contributed by atoms with van der Waals surface area (Å²) >= 11 is 0. The second-order valence-corrected chi connectivity index (χ2v) is 3.14. The van der Waals surface area contributed by atoms with Crippen molar-refractivity contribution in [2.24, 2.45) is 11.7 Å². The minimum absolute atomic E-state index is 0. The highest BCUT2D eigenvalue weighted by molar-refractivity contribution is 5.85. The predicted molar refractivity (Wildman–Crippen MR) is 59.2 cm³/mol. The number of halogens is 1. The first kappa shape index (κ1) is 13.7. The van der Waals surface area contributed by atoms with E-state index in [0.29, 0.717) is 6.42 Å². The molecule has 0 amide bonds. The molecule has 1 atom stereocenters. The number of phenolic OH excluding ortho intramolecular Hbond substituents is 1. The van der Waals surface area contributed by atoms with E-state index in [4.69, 9.17) is 15.9 Å². The molecule has 5 heteroatoms. The van der Waals surface area contributed by atoms with Crippen LogP contribution in [0.25, 0.3) is 0 Å². The summed E-state index contributed by atoms with van der Waals surface area (Å²) in [6.07, 6.45) is 0.347. The fourth-order valence-corrected chi connectivity index (χ4v) is 1.24. The van der Waals surface area contributed by atoms with Crippen LogP contribution in [-0.4, -0.2) is 22.7 Å². The third-order valence-corrected chi connectivity index (χ3v) is 2.03. The molecule has 0 bridgehead atoms. The Bertz CT molecular complexity index is 330. The minimum Gasteiger partial charge on any atom is -0.508 e. The van der Waals surface area contributed by atoms with E-state index in [1.54, 1.807) is 24.3 Å². The lowest BCUT2D eigenvalue weighted by atomic mass is 9.99. The van der Waals surface area contributed by atoms with Crippen LogP contribution in [0, 0.1) is 5.92 Å². The Morgan fingerprint density at radius 3 is 2.60 bits per heavy atom. The summed E-state index contributed by atoms with van der Waals surface area (Å²) in [7, 11) is 0. The number of hydrogen-bond donors (Lipinski definition) is 3. The normalized spacial score (nSPS) is 11.5. The standard InChI is InChI=1S/C10H13NO3.ClH/c11-6-8(10(13)14)4-7-2-1-3-9(12)5-7;/h1-3,5,8,12H,4,6,11H2,(H,13,14);1H/t8-;/m1./s1. The first-order chi connectivity index (χ1) is 6.63. The van der Waals surface area contributed by atoms with Gasteiger partial charge in [-0.05, 0) is 24.1 Å². The van der Waals surface area contributed by atoms with Gasteiger partial charge < -0.3 is 15.9 Å². The number of rotatable bonds is 4.